The molecule has 5 atom stereocenters. The van der Waals surface area contributed by atoms with E-state index in [1.165, 1.54) is 11.0 Å². The minimum Gasteiger partial charge on any atom is -0.497 e. The van der Waals surface area contributed by atoms with Gasteiger partial charge in [-0.2, -0.15) is 0 Å². The zero-order chi connectivity index (χ0) is 41.7. The summed E-state index contributed by atoms with van der Waals surface area (Å²) in [6.45, 7) is 14.2. The number of nitrogens with one attached hydrogen (secondary N) is 3. The van der Waals surface area contributed by atoms with E-state index in [0.717, 1.165) is 5.56 Å². The first-order valence-corrected chi connectivity index (χ1v) is 21.4. The molecule has 2 aromatic carbocycles. The molecule has 14 nitrogen and oxygen atoms in total. The molecule has 16 heteroatoms. The topological polar surface area (TPSA) is 182 Å². The van der Waals surface area contributed by atoms with Crippen LogP contribution in [-0.4, -0.2) is 87.9 Å². The van der Waals surface area contributed by atoms with E-state index >= 15 is 0 Å². The maximum atomic E-state index is 14.7. The highest BCUT2D eigenvalue weighted by Crippen LogP contribution is 2.50. The molecule has 3 aliphatic rings. The Balaban J connectivity index is 1.35. The standard InChI is InChI=1S/C41H50IN5O9S/c1-9-25-22-41(25,36(50)46-57(52,53)40(42)17-18-40)45-34(48)31-20-27(23-47(31)35(49)33(38(2,3)4)44-37(51)56-39(5,6)7)55-32-21-29(24-13-11-10-12-14-24)43-30-19-26(54-8)15-16-28(30)32/h9-16,19,21,25,27,31,33H,1,17-18,20,22-23H2,2-8H3,(H,44,51)(H,45,48)(H,46,50). The van der Waals surface area contributed by atoms with E-state index in [-0.39, 0.29) is 19.4 Å². The molecule has 3 fully saturated rings. The minimum absolute atomic E-state index is 0.00707. The fourth-order valence-electron chi connectivity index (χ4n) is 6.96. The number of alkyl halides is 1. The molecule has 306 valence electrons. The molecule has 3 N–H and O–H groups in total. The lowest BCUT2D eigenvalue weighted by Crippen LogP contribution is -2.60. The Bertz CT molecular complexity index is 2200. The minimum atomic E-state index is -4.03. The van der Waals surface area contributed by atoms with Crippen LogP contribution in [0.1, 0.15) is 67.2 Å². The maximum Gasteiger partial charge on any atom is 0.408 e. The summed E-state index contributed by atoms with van der Waals surface area (Å²) in [6, 6.07) is 14.5. The molecule has 0 radical (unpaired) electrons. The van der Waals surface area contributed by atoms with Gasteiger partial charge in [-0.05, 0) is 57.6 Å². The van der Waals surface area contributed by atoms with Crippen LogP contribution in [0.5, 0.6) is 11.5 Å². The molecule has 1 aliphatic heterocycles. The van der Waals surface area contributed by atoms with E-state index in [2.05, 4.69) is 21.9 Å². The first kappa shape index (κ1) is 42.2. The Morgan fingerprint density at radius 1 is 1.04 bits per heavy atom. The third-order valence-electron chi connectivity index (χ3n) is 10.4. The van der Waals surface area contributed by atoms with Gasteiger partial charge in [0.15, 0.2) is 0 Å². The first-order chi connectivity index (χ1) is 26.6. The van der Waals surface area contributed by atoms with Crippen molar-refractivity contribution in [2.24, 2.45) is 11.3 Å². The van der Waals surface area contributed by atoms with Gasteiger partial charge in [0.1, 0.15) is 43.6 Å². The highest BCUT2D eigenvalue weighted by molar-refractivity contribution is 14.1. The quantitative estimate of drug-likeness (QED) is 0.117. The maximum absolute atomic E-state index is 14.7. The van der Waals surface area contributed by atoms with Crippen molar-refractivity contribution in [3.63, 3.8) is 0 Å². The van der Waals surface area contributed by atoms with Crippen LogP contribution in [0.25, 0.3) is 22.2 Å². The van der Waals surface area contributed by atoms with Gasteiger partial charge >= 0.3 is 6.09 Å². The lowest BCUT2D eigenvalue weighted by molar-refractivity contribution is -0.143. The molecule has 2 aliphatic carbocycles. The van der Waals surface area contributed by atoms with Crippen LogP contribution in [0.2, 0.25) is 0 Å². The van der Waals surface area contributed by atoms with Gasteiger partial charge in [-0.3, -0.25) is 14.4 Å². The van der Waals surface area contributed by atoms with Gasteiger partial charge in [0.05, 0.1) is 24.9 Å². The van der Waals surface area contributed by atoms with Crippen molar-refractivity contribution in [3.8, 4) is 22.8 Å². The fraction of sp³-hybridized carbons (Fsp3) is 0.488. The summed E-state index contributed by atoms with van der Waals surface area (Å²) in [6.07, 6.45) is 0.896. The van der Waals surface area contributed by atoms with Gasteiger partial charge in [-0.15, -0.1) is 6.58 Å². The summed E-state index contributed by atoms with van der Waals surface area (Å²) in [5.41, 5.74) is -1.19. The van der Waals surface area contributed by atoms with Gasteiger partial charge in [-0.1, -0.05) is 79.8 Å². The molecule has 4 amide bonds. The zero-order valence-corrected chi connectivity index (χ0v) is 36.2. The van der Waals surface area contributed by atoms with E-state index in [9.17, 15) is 27.6 Å². The summed E-state index contributed by atoms with van der Waals surface area (Å²) >= 11 is 1.83. The van der Waals surface area contributed by atoms with Gasteiger partial charge < -0.3 is 29.7 Å². The lowest BCUT2D eigenvalue weighted by atomic mass is 9.85. The van der Waals surface area contributed by atoms with Gasteiger partial charge in [0.25, 0.3) is 5.91 Å². The van der Waals surface area contributed by atoms with Crippen LogP contribution in [0.3, 0.4) is 0 Å². The number of alkyl carbamates (subject to hydrolysis) is 1. The second kappa shape index (κ2) is 15.4. The van der Waals surface area contributed by atoms with Crippen molar-refractivity contribution in [2.45, 2.75) is 99.3 Å². The molecule has 2 heterocycles. The van der Waals surface area contributed by atoms with Gasteiger partial charge in [0, 0.05) is 35.4 Å². The van der Waals surface area contributed by atoms with Crippen molar-refractivity contribution in [3.05, 3.63) is 67.3 Å². The van der Waals surface area contributed by atoms with E-state index in [0.29, 0.717) is 40.9 Å². The number of hydrogen-bond donors (Lipinski definition) is 3. The second-order valence-corrected chi connectivity index (χ2v) is 21.8. The lowest BCUT2D eigenvalue weighted by Gasteiger charge is -2.36. The highest BCUT2D eigenvalue weighted by atomic mass is 127. The SMILES string of the molecule is C=CC1CC1(NC(=O)C1CC(Oc2cc(-c3ccccc3)nc3cc(OC)ccc23)CN1C(=O)C(NC(=O)OC(C)(C)C)C(C)(C)C)C(=O)NS(=O)(=O)C1(I)CC1. The van der Waals surface area contributed by atoms with Crippen LogP contribution >= 0.6 is 22.6 Å². The highest BCUT2D eigenvalue weighted by Gasteiger charge is 2.63. The Morgan fingerprint density at radius 2 is 1.72 bits per heavy atom. The number of carbonyl (C=O) groups is 4. The summed E-state index contributed by atoms with van der Waals surface area (Å²) in [7, 11) is -2.46. The number of fused-ring (bicyclic) bond motifs is 1. The second-order valence-electron chi connectivity index (χ2n) is 17.0. The van der Waals surface area contributed by atoms with Crippen molar-refractivity contribution in [1.82, 2.24) is 25.2 Å². The smallest absolute Gasteiger partial charge is 0.408 e. The average Bonchev–Trinajstić information content (AvgIpc) is 4.02. The van der Waals surface area contributed by atoms with E-state index < -0.39 is 77.3 Å². The molecule has 6 rings (SSSR count). The Kier molecular flexibility index (Phi) is 11.4. The largest absolute Gasteiger partial charge is 0.497 e. The summed E-state index contributed by atoms with van der Waals surface area (Å²) in [4.78, 5) is 62.2. The number of ether oxygens (including phenoxy) is 3. The number of hydrogen-bond acceptors (Lipinski definition) is 10. The summed E-state index contributed by atoms with van der Waals surface area (Å²) in [5.74, 6) is -1.60. The molecule has 2 saturated carbocycles. The number of amides is 4. The van der Waals surface area contributed by atoms with Crippen LogP contribution in [0, 0.1) is 11.3 Å². The third-order valence-corrected chi connectivity index (χ3v) is 15.0. The molecule has 0 spiro atoms. The summed E-state index contributed by atoms with van der Waals surface area (Å²) in [5, 5.41) is 6.22. The van der Waals surface area contributed by atoms with Crippen molar-refractivity contribution >= 4 is 67.3 Å². The van der Waals surface area contributed by atoms with Crippen molar-refractivity contribution in [2.75, 3.05) is 13.7 Å². The third kappa shape index (κ3) is 9.01. The molecule has 1 saturated heterocycles. The van der Waals surface area contributed by atoms with E-state index in [1.54, 1.807) is 60.8 Å². The number of nitrogens with zero attached hydrogens (tertiary/aromatic N) is 2. The van der Waals surface area contributed by atoms with E-state index in [4.69, 9.17) is 19.2 Å². The van der Waals surface area contributed by atoms with Crippen LogP contribution < -0.4 is 24.8 Å². The Labute approximate surface area is 347 Å². The van der Waals surface area contributed by atoms with Crippen LogP contribution in [0.15, 0.2) is 67.3 Å². The molecule has 57 heavy (non-hydrogen) atoms. The molecule has 3 aromatic rings. The van der Waals surface area contributed by atoms with Crippen molar-refractivity contribution in [1.29, 1.82) is 0 Å². The number of halogens is 1. The number of benzene rings is 2. The van der Waals surface area contributed by atoms with Gasteiger partial charge in [-0.25, -0.2) is 22.9 Å². The van der Waals surface area contributed by atoms with Crippen LogP contribution in [-0.2, 0) is 29.1 Å². The van der Waals surface area contributed by atoms with E-state index in [1.807, 2.05) is 65.1 Å². The number of sulfonamides is 1. The number of pyridine rings is 1. The number of likely N-dealkylation sites (tertiary alicyclic amines) is 1. The Hall–Kier alpha value is -4.45. The predicted octanol–water partition coefficient (Wildman–Crippen LogP) is 5.63. The monoisotopic (exact) mass is 915 g/mol. The van der Waals surface area contributed by atoms with Crippen molar-refractivity contribution < 1.29 is 41.8 Å². The normalized spacial score (nSPS) is 23.2. The predicted molar refractivity (Wildman–Crippen MR) is 223 cm³/mol. The number of carbonyl (C=O) groups excluding carboxylic acids is 4. The molecule has 0 bridgehead atoms. The van der Waals surface area contributed by atoms with Gasteiger partial charge in [0.2, 0.25) is 21.8 Å². The molecular formula is C41H50IN5O9S. The number of methoxy groups -OCH3 is 1. The zero-order valence-electron chi connectivity index (χ0n) is 33.2. The number of aromatic nitrogens is 1. The molecular weight excluding hydrogens is 865 g/mol. The first-order valence-electron chi connectivity index (χ1n) is 18.8. The molecule has 5 unspecified atom stereocenters. The summed E-state index contributed by atoms with van der Waals surface area (Å²) < 4.78 is 44.9. The van der Waals surface area contributed by atoms with Crippen LogP contribution in [0.4, 0.5) is 4.79 Å². The number of rotatable bonds is 12. The fourth-order valence-corrected chi connectivity index (χ4v) is 8.81. The molecule has 1 aromatic heterocycles. The Morgan fingerprint density at radius 3 is 2.30 bits per heavy atom. The average molecular weight is 916 g/mol.